The van der Waals surface area contributed by atoms with E-state index in [2.05, 4.69) is 105 Å². The first kappa shape index (κ1) is 56.9. The van der Waals surface area contributed by atoms with E-state index in [9.17, 15) is 0 Å². The van der Waals surface area contributed by atoms with Crippen LogP contribution in [0.25, 0.3) is 0 Å². The van der Waals surface area contributed by atoms with Gasteiger partial charge in [-0.1, -0.05) is 0 Å². The third-order valence-electron chi connectivity index (χ3n) is 1.34. The second-order valence-corrected chi connectivity index (χ2v) is 2.13. The third kappa shape index (κ3) is 89.2. The predicted octanol–water partition coefficient (Wildman–Crippen LogP) is 4.36. The average Bonchev–Trinajstić information content (AvgIpc) is 2.81. The summed E-state index contributed by atoms with van der Waals surface area (Å²) in [6.07, 6.45) is 0. The lowest BCUT2D eigenvalue weighted by Crippen LogP contribution is -2.37. The molecule has 0 amide bonds. The zero-order valence-corrected chi connectivity index (χ0v) is 16.4. The molecule has 0 aliphatic heterocycles. The lowest BCUT2D eigenvalue weighted by Gasteiger charge is -2.23. The monoisotopic (exact) mass is 360 g/mol. The highest BCUT2D eigenvalue weighted by molar-refractivity contribution is 4.74. The van der Waals surface area contributed by atoms with Crippen LogP contribution in [0.1, 0.15) is 0 Å². The smallest absolute Gasteiger partial charge is 0.0627 e. The minimum atomic E-state index is -1.11. The minimum Gasteiger partial charge on any atom is -0.396 e. The topological polar surface area (TPSA) is 80.9 Å². The van der Waals surface area contributed by atoms with Gasteiger partial charge in [-0.25, -0.2) is 0 Å². The quantitative estimate of drug-likeness (QED) is 0.562. The first-order chi connectivity index (χ1) is 12.2. The van der Waals surface area contributed by atoms with Crippen molar-refractivity contribution in [1.29, 1.82) is 0 Å². The summed E-state index contributed by atoms with van der Waals surface area (Å²) in [5.74, 6) is 0. The van der Waals surface area contributed by atoms with E-state index in [0.29, 0.717) is 0 Å². The van der Waals surface area contributed by atoms with Gasteiger partial charge in [-0.05, 0) is 0 Å². The summed E-state index contributed by atoms with van der Waals surface area (Å²) >= 11 is 0. The van der Waals surface area contributed by atoms with E-state index in [1.165, 1.54) is 0 Å². The summed E-state index contributed by atoms with van der Waals surface area (Å²) in [5.41, 5.74) is -1.11. The van der Waals surface area contributed by atoms with Gasteiger partial charge >= 0.3 is 0 Å². The van der Waals surface area contributed by atoms with Crippen molar-refractivity contribution in [1.82, 2.24) is 0 Å². The summed E-state index contributed by atoms with van der Waals surface area (Å²) in [7, 11) is 0. The van der Waals surface area contributed by atoms with E-state index in [1.807, 2.05) is 0 Å². The van der Waals surface area contributed by atoms with Gasteiger partial charge in [0.2, 0.25) is 0 Å². The summed E-state index contributed by atoms with van der Waals surface area (Å²) in [4.78, 5) is 0. The normalized spacial score (nSPS) is 5.60. The Hall–Kier alpha value is -2.24. The van der Waals surface area contributed by atoms with Crippen molar-refractivity contribution in [3.8, 4) is 0 Å². The van der Waals surface area contributed by atoms with Gasteiger partial charge in [-0.2, -0.15) is 0 Å². The van der Waals surface area contributed by atoms with E-state index in [4.69, 9.17) is 20.4 Å². The fourth-order valence-electron chi connectivity index (χ4n) is 0.300. The Bertz CT molecular complexity index is 118. The van der Waals surface area contributed by atoms with Gasteiger partial charge in [0.1, 0.15) is 0 Å². The van der Waals surface area contributed by atoms with Crippen LogP contribution in [0.5, 0.6) is 0 Å². The van der Waals surface area contributed by atoms with Crippen LogP contribution in [0.4, 0.5) is 0 Å². The molecule has 0 saturated heterocycles. The number of aliphatic hydroxyl groups excluding tert-OH is 4. The van der Waals surface area contributed by atoms with E-state index in [-0.39, 0.29) is 0 Å². The Morgan fingerprint density at radius 1 is 0.320 bits per heavy atom. The van der Waals surface area contributed by atoms with Crippen LogP contribution in [-0.2, 0) is 0 Å². The Labute approximate surface area is 158 Å². The molecule has 0 aromatic carbocycles. The van der Waals surface area contributed by atoms with Crippen molar-refractivity contribution in [2.24, 2.45) is 5.41 Å². The van der Waals surface area contributed by atoms with Crippen LogP contribution in [0.2, 0.25) is 0 Å². The molecule has 4 N–H and O–H groups in total. The first-order valence-electron chi connectivity index (χ1n) is 6.68. The number of hydrogen-bond acceptors (Lipinski definition) is 4. The Morgan fingerprint density at radius 2 is 0.400 bits per heavy atom. The maximum Gasteiger partial charge on any atom is 0.0627 e. The van der Waals surface area contributed by atoms with Crippen molar-refractivity contribution in [2.45, 2.75) is 0 Å². The van der Waals surface area contributed by atoms with Crippen LogP contribution in [0.3, 0.4) is 0 Å². The van der Waals surface area contributed by atoms with Crippen molar-refractivity contribution in [3.63, 3.8) is 0 Å². The van der Waals surface area contributed by atoms with Gasteiger partial charge in [-0.15, -0.1) is 105 Å². The second-order valence-electron chi connectivity index (χ2n) is 2.13. The minimum absolute atomic E-state index is 0.406. The van der Waals surface area contributed by atoms with Crippen molar-refractivity contribution in [3.05, 3.63) is 105 Å². The molecule has 0 atom stereocenters. The maximum atomic E-state index is 8.50. The van der Waals surface area contributed by atoms with Crippen LogP contribution in [0, 0.1) is 5.41 Å². The van der Waals surface area contributed by atoms with E-state index < -0.39 is 31.8 Å². The Balaban J connectivity index is -0.0000000194. The summed E-state index contributed by atoms with van der Waals surface area (Å²) < 4.78 is 0. The van der Waals surface area contributed by atoms with E-state index in [1.54, 1.807) is 0 Å². The fraction of sp³-hybridized carbons (Fsp3) is 0.238. The standard InChI is InChI=1S/C5H12O4.8C2H4/c6-1-5(2-7,3-8)4-9;8*1-2/h6-9H,1-4H2;8*1-2H2. The largest absolute Gasteiger partial charge is 0.396 e. The van der Waals surface area contributed by atoms with Crippen LogP contribution in [0.15, 0.2) is 105 Å². The van der Waals surface area contributed by atoms with Gasteiger partial charge < -0.3 is 20.4 Å². The molecule has 4 nitrogen and oxygen atoms in total. The molecule has 4 heteroatoms. The van der Waals surface area contributed by atoms with Crippen molar-refractivity contribution in [2.75, 3.05) is 26.4 Å². The molecule has 0 saturated carbocycles. The highest BCUT2D eigenvalue weighted by Crippen LogP contribution is 2.11. The molecule has 0 radical (unpaired) electrons. The Morgan fingerprint density at radius 3 is 0.400 bits per heavy atom. The van der Waals surface area contributed by atoms with Crippen molar-refractivity contribution >= 4 is 0 Å². The van der Waals surface area contributed by atoms with Gasteiger partial charge in [0.05, 0.1) is 31.8 Å². The van der Waals surface area contributed by atoms with Crippen LogP contribution < -0.4 is 0 Å². The molecule has 0 unspecified atom stereocenters. The molecular formula is C21H44O4. The average molecular weight is 361 g/mol. The van der Waals surface area contributed by atoms with E-state index >= 15 is 0 Å². The molecule has 0 spiro atoms. The zero-order valence-electron chi connectivity index (χ0n) is 16.4. The van der Waals surface area contributed by atoms with Crippen molar-refractivity contribution < 1.29 is 20.4 Å². The number of rotatable bonds is 4. The van der Waals surface area contributed by atoms with Crippen LogP contribution >= 0.6 is 0 Å². The predicted molar refractivity (Wildman–Crippen MR) is 121 cm³/mol. The molecule has 0 rings (SSSR count). The zero-order chi connectivity index (χ0) is 23.3. The molecule has 0 aromatic rings. The highest BCUT2D eigenvalue weighted by atomic mass is 16.3. The fourth-order valence-corrected chi connectivity index (χ4v) is 0.300. The molecule has 0 fully saturated rings. The van der Waals surface area contributed by atoms with Gasteiger partial charge in [0.15, 0.2) is 0 Å². The lowest BCUT2D eigenvalue weighted by molar-refractivity contribution is -0.0328. The highest BCUT2D eigenvalue weighted by Gasteiger charge is 2.26. The van der Waals surface area contributed by atoms with Gasteiger partial charge in [0.25, 0.3) is 0 Å². The second kappa shape index (κ2) is 156. The molecule has 0 bridgehead atoms. The molecule has 25 heavy (non-hydrogen) atoms. The number of aliphatic hydroxyl groups is 4. The van der Waals surface area contributed by atoms with Gasteiger partial charge in [0, 0.05) is 0 Å². The summed E-state index contributed by atoms with van der Waals surface area (Å²) in [6, 6.07) is 0. The first-order valence-corrected chi connectivity index (χ1v) is 6.68. The maximum absolute atomic E-state index is 8.50. The SMILES string of the molecule is C=C.C=C.C=C.C=C.C=C.C=C.C=C.C=C.OCC(CO)(CO)CO. The van der Waals surface area contributed by atoms with Gasteiger partial charge in [-0.3, -0.25) is 0 Å². The van der Waals surface area contributed by atoms with Crippen LogP contribution in [-0.4, -0.2) is 46.9 Å². The third-order valence-corrected chi connectivity index (χ3v) is 1.34. The summed E-state index contributed by atoms with van der Waals surface area (Å²) in [6.45, 7) is 46.4. The van der Waals surface area contributed by atoms with E-state index in [0.717, 1.165) is 0 Å². The summed E-state index contributed by atoms with van der Waals surface area (Å²) in [5, 5.41) is 34.0. The molecule has 0 aliphatic rings. The molecular weight excluding hydrogens is 316 g/mol. The molecule has 0 aliphatic carbocycles. The molecule has 152 valence electrons. The lowest BCUT2D eigenvalue weighted by atomic mass is 9.93. The molecule has 0 heterocycles. The number of hydrogen-bond donors (Lipinski definition) is 4. The molecule has 0 aromatic heterocycles. The Kier molecular flexibility index (Phi) is 355.